The number of carbonyl (C=O) groups excluding carboxylic acids is 1. The molecule has 0 spiro atoms. The van der Waals surface area contributed by atoms with Gasteiger partial charge in [0.25, 0.3) is 0 Å². The van der Waals surface area contributed by atoms with Crippen molar-refractivity contribution in [1.82, 2.24) is 4.31 Å². The van der Waals surface area contributed by atoms with Crippen molar-refractivity contribution >= 4 is 27.8 Å². The van der Waals surface area contributed by atoms with Crippen molar-refractivity contribution < 1.29 is 31.1 Å². The first-order valence-corrected chi connectivity index (χ1v) is 12.1. The highest BCUT2D eigenvalue weighted by Gasteiger charge is 2.33. The van der Waals surface area contributed by atoms with Gasteiger partial charge < -0.3 is 4.74 Å². The molecule has 0 bridgehead atoms. The number of hydrogen-bond donors (Lipinski definition) is 0. The summed E-state index contributed by atoms with van der Waals surface area (Å²) in [5.41, 5.74) is -0.716. The molecule has 2 aromatic carbocycles. The van der Waals surface area contributed by atoms with E-state index in [2.05, 4.69) is 0 Å². The Hall–Kier alpha value is -2.04. The van der Waals surface area contributed by atoms with Crippen molar-refractivity contribution in [2.24, 2.45) is 5.92 Å². The largest absolute Gasteiger partial charge is 0.465 e. The monoisotopic (exact) mass is 473 g/mol. The number of ether oxygens (including phenoxy) is 1. The van der Waals surface area contributed by atoms with Gasteiger partial charge in [0.15, 0.2) is 0 Å². The Balaban J connectivity index is 1.43. The molecule has 0 unspecified atom stereocenters. The lowest BCUT2D eigenvalue weighted by Gasteiger charge is -2.30. The maximum atomic E-state index is 12.7. The summed E-state index contributed by atoms with van der Waals surface area (Å²) in [4.78, 5) is 12.9. The molecule has 1 saturated heterocycles. The van der Waals surface area contributed by atoms with Crippen LogP contribution >= 0.6 is 11.8 Å². The maximum Gasteiger partial charge on any atom is 0.416 e. The Morgan fingerprint density at radius 2 is 1.74 bits per heavy atom. The molecule has 1 fully saturated rings. The van der Waals surface area contributed by atoms with Gasteiger partial charge >= 0.3 is 12.1 Å². The van der Waals surface area contributed by atoms with E-state index in [0.29, 0.717) is 23.5 Å². The van der Waals surface area contributed by atoms with Crippen LogP contribution in [0, 0.1) is 5.92 Å². The van der Waals surface area contributed by atoms with Gasteiger partial charge in [0.1, 0.15) is 6.61 Å². The van der Waals surface area contributed by atoms with Crippen LogP contribution in [0.5, 0.6) is 0 Å². The third kappa shape index (κ3) is 6.24. The third-order valence-electron chi connectivity index (χ3n) is 4.93. The standard InChI is InChI=1S/C21H22F3NO4S2/c22-21(23,24)17-5-4-6-18(15-17)30-14-13-29-20(26)16-9-11-25(12-10-16)31(27,28)19-7-2-1-3-8-19/h1-8,15-16H,9-14H2. The predicted molar refractivity (Wildman–Crippen MR) is 111 cm³/mol. The minimum atomic E-state index is -4.40. The lowest BCUT2D eigenvalue weighted by atomic mass is 9.98. The van der Waals surface area contributed by atoms with Crippen LogP contribution in [0.15, 0.2) is 64.4 Å². The summed E-state index contributed by atoms with van der Waals surface area (Å²) in [7, 11) is -3.58. The molecule has 0 saturated carbocycles. The van der Waals surface area contributed by atoms with Gasteiger partial charge in [-0.3, -0.25) is 4.79 Å². The Morgan fingerprint density at radius 3 is 2.39 bits per heavy atom. The normalized spacial score (nSPS) is 16.2. The first-order valence-electron chi connectivity index (χ1n) is 9.70. The number of sulfonamides is 1. The fourth-order valence-corrected chi connectivity index (χ4v) is 5.53. The highest BCUT2D eigenvalue weighted by Crippen LogP contribution is 2.32. The maximum absolute atomic E-state index is 12.7. The minimum absolute atomic E-state index is 0.0717. The van der Waals surface area contributed by atoms with E-state index in [-0.39, 0.29) is 30.5 Å². The lowest BCUT2D eigenvalue weighted by Crippen LogP contribution is -2.40. The van der Waals surface area contributed by atoms with Crippen LogP contribution in [0.4, 0.5) is 13.2 Å². The quantitative estimate of drug-likeness (QED) is 0.338. The molecule has 0 atom stereocenters. The van der Waals surface area contributed by atoms with Gasteiger partial charge in [0.05, 0.1) is 16.4 Å². The Kier molecular flexibility index (Phi) is 7.66. The second-order valence-corrected chi connectivity index (χ2v) is 10.1. The van der Waals surface area contributed by atoms with Crippen molar-refractivity contribution in [2.45, 2.75) is 28.8 Å². The number of carbonyl (C=O) groups is 1. The SMILES string of the molecule is O=C(OCCSc1cccc(C(F)(F)F)c1)C1CCN(S(=O)(=O)c2ccccc2)CC1. The van der Waals surface area contributed by atoms with Gasteiger partial charge in [0.2, 0.25) is 10.0 Å². The van der Waals surface area contributed by atoms with Crippen LogP contribution in [0.3, 0.4) is 0 Å². The second kappa shape index (κ2) is 10.1. The van der Waals surface area contributed by atoms with Crippen LogP contribution in [0.1, 0.15) is 18.4 Å². The number of rotatable bonds is 7. The van der Waals surface area contributed by atoms with Crippen molar-refractivity contribution in [1.29, 1.82) is 0 Å². The van der Waals surface area contributed by atoms with Crippen LogP contribution in [-0.4, -0.2) is 44.1 Å². The lowest BCUT2D eigenvalue weighted by molar-refractivity contribution is -0.149. The number of nitrogens with zero attached hydrogens (tertiary/aromatic N) is 1. The molecule has 0 amide bonds. The van der Waals surface area contributed by atoms with Gasteiger partial charge in [-0.1, -0.05) is 24.3 Å². The zero-order chi connectivity index (χ0) is 22.5. The number of benzene rings is 2. The van der Waals surface area contributed by atoms with Gasteiger partial charge in [-0.2, -0.15) is 17.5 Å². The first-order chi connectivity index (χ1) is 14.7. The van der Waals surface area contributed by atoms with Crippen LogP contribution in [0.2, 0.25) is 0 Å². The zero-order valence-electron chi connectivity index (χ0n) is 16.5. The summed E-state index contributed by atoms with van der Waals surface area (Å²) in [6, 6.07) is 13.1. The van der Waals surface area contributed by atoms with E-state index in [0.717, 1.165) is 12.1 Å². The molecule has 0 N–H and O–H groups in total. The average molecular weight is 474 g/mol. The molecule has 5 nitrogen and oxygen atoms in total. The van der Waals surface area contributed by atoms with Crippen molar-refractivity contribution in [3.8, 4) is 0 Å². The van der Waals surface area contributed by atoms with E-state index < -0.39 is 27.7 Å². The summed E-state index contributed by atoms with van der Waals surface area (Å²) in [6.07, 6.45) is -3.66. The predicted octanol–water partition coefficient (Wildman–Crippen LogP) is 4.44. The molecule has 168 valence electrons. The molecule has 1 aliphatic rings. The molecule has 3 rings (SSSR count). The first kappa shape index (κ1) is 23.6. The van der Waals surface area contributed by atoms with E-state index in [1.54, 1.807) is 24.3 Å². The number of alkyl halides is 3. The Morgan fingerprint density at radius 1 is 1.06 bits per heavy atom. The van der Waals surface area contributed by atoms with Crippen molar-refractivity contribution in [3.63, 3.8) is 0 Å². The summed E-state index contributed by atoms with van der Waals surface area (Å²) in [5.74, 6) is -0.462. The molecule has 2 aromatic rings. The Bertz CT molecular complexity index is 989. The van der Waals surface area contributed by atoms with Crippen LogP contribution < -0.4 is 0 Å². The topological polar surface area (TPSA) is 63.7 Å². The average Bonchev–Trinajstić information content (AvgIpc) is 2.77. The van der Waals surface area contributed by atoms with Gasteiger partial charge in [-0.05, 0) is 43.2 Å². The van der Waals surface area contributed by atoms with E-state index >= 15 is 0 Å². The summed E-state index contributed by atoms with van der Waals surface area (Å²) in [6.45, 7) is 0.536. The fourth-order valence-electron chi connectivity index (χ4n) is 3.26. The van der Waals surface area contributed by atoms with Gasteiger partial charge in [-0.15, -0.1) is 11.8 Å². The highest BCUT2D eigenvalue weighted by atomic mass is 32.2. The number of halogens is 3. The van der Waals surface area contributed by atoms with Crippen molar-refractivity contribution in [3.05, 3.63) is 60.2 Å². The molecular formula is C21H22F3NO4S2. The van der Waals surface area contributed by atoms with E-state index in [4.69, 9.17) is 4.74 Å². The molecule has 0 aromatic heterocycles. The molecule has 1 aliphatic heterocycles. The summed E-state index contributed by atoms with van der Waals surface area (Å²) >= 11 is 1.18. The molecule has 1 heterocycles. The summed E-state index contributed by atoms with van der Waals surface area (Å²) < 4.78 is 70.1. The third-order valence-corrected chi connectivity index (χ3v) is 7.80. The minimum Gasteiger partial charge on any atom is -0.465 e. The van der Waals surface area contributed by atoms with Gasteiger partial charge in [0, 0.05) is 23.7 Å². The smallest absolute Gasteiger partial charge is 0.416 e. The highest BCUT2D eigenvalue weighted by molar-refractivity contribution is 7.99. The summed E-state index contributed by atoms with van der Waals surface area (Å²) in [5, 5.41) is 0. The zero-order valence-corrected chi connectivity index (χ0v) is 18.2. The molecule has 0 radical (unpaired) electrons. The van der Waals surface area contributed by atoms with Crippen LogP contribution in [0.25, 0.3) is 0 Å². The number of esters is 1. The molecule has 31 heavy (non-hydrogen) atoms. The second-order valence-electron chi connectivity index (χ2n) is 7.03. The molecule has 0 aliphatic carbocycles. The van der Waals surface area contributed by atoms with Crippen LogP contribution in [-0.2, 0) is 25.7 Å². The molecule has 10 heteroatoms. The number of piperidine rings is 1. The van der Waals surface area contributed by atoms with E-state index in [1.165, 1.54) is 34.3 Å². The number of thioether (sulfide) groups is 1. The van der Waals surface area contributed by atoms with E-state index in [1.807, 2.05) is 0 Å². The molecular weight excluding hydrogens is 451 g/mol. The van der Waals surface area contributed by atoms with E-state index in [9.17, 15) is 26.4 Å². The van der Waals surface area contributed by atoms with Crippen molar-refractivity contribution in [2.75, 3.05) is 25.4 Å². The number of hydrogen-bond acceptors (Lipinski definition) is 5. The van der Waals surface area contributed by atoms with Gasteiger partial charge in [-0.25, -0.2) is 8.42 Å². The Labute approximate surface area is 183 Å². The fraction of sp³-hybridized carbons (Fsp3) is 0.381.